The lowest BCUT2D eigenvalue weighted by molar-refractivity contribution is 0.145. The molecule has 166 valence electrons. The molecule has 10 nitrogen and oxygen atoms in total. The van der Waals surface area contributed by atoms with Gasteiger partial charge in [0.05, 0.1) is 31.0 Å². The SMILES string of the molecule is NC[C@H]1CN(c2ccc(N3CCNN(C(=O)NCc4nccs4)CC3)c(F)c2)C(=O)O1. The number of nitrogens with one attached hydrogen (secondary N) is 2. The van der Waals surface area contributed by atoms with E-state index in [1.54, 1.807) is 18.3 Å². The van der Waals surface area contributed by atoms with E-state index in [9.17, 15) is 14.0 Å². The summed E-state index contributed by atoms with van der Waals surface area (Å²) >= 11 is 1.47. The van der Waals surface area contributed by atoms with Crippen molar-refractivity contribution in [3.63, 3.8) is 0 Å². The molecule has 2 saturated heterocycles. The van der Waals surface area contributed by atoms with E-state index in [2.05, 4.69) is 15.7 Å². The molecule has 3 amide bonds. The summed E-state index contributed by atoms with van der Waals surface area (Å²) in [4.78, 5) is 31.8. The van der Waals surface area contributed by atoms with Crippen molar-refractivity contribution in [2.75, 3.05) is 49.1 Å². The van der Waals surface area contributed by atoms with Gasteiger partial charge >= 0.3 is 12.1 Å². The highest BCUT2D eigenvalue weighted by molar-refractivity contribution is 7.09. The number of benzene rings is 1. The zero-order valence-electron chi connectivity index (χ0n) is 16.8. The van der Waals surface area contributed by atoms with Crippen molar-refractivity contribution >= 4 is 34.8 Å². The molecule has 4 rings (SSSR count). The fraction of sp³-hybridized carbons (Fsp3) is 0.421. The van der Waals surface area contributed by atoms with Crippen LogP contribution in [0.25, 0.3) is 0 Å². The van der Waals surface area contributed by atoms with Gasteiger partial charge in [-0.05, 0) is 18.2 Å². The molecule has 31 heavy (non-hydrogen) atoms. The summed E-state index contributed by atoms with van der Waals surface area (Å²) in [5, 5.41) is 6.99. The minimum absolute atomic E-state index is 0.220. The fourth-order valence-corrected chi connectivity index (χ4v) is 4.06. The standard InChI is InChI=1S/C19H24FN7O3S/c20-15-9-13(26-12-14(10-21)30-19(26)29)1-2-16(15)25-5-3-24-27(7-6-25)18(28)23-11-17-22-4-8-31-17/h1-2,4,8-9,14,24H,3,5-7,10-12,21H2,(H,23,28)/t14-/m0/s1. The molecule has 0 aliphatic carbocycles. The predicted molar refractivity (Wildman–Crippen MR) is 114 cm³/mol. The van der Waals surface area contributed by atoms with Gasteiger partial charge in [0.1, 0.15) is 16.9 Å². The summed E-state index contributed by atoms with van der Waals surface area (Å²) < 4.78 is 20.0. The molecular formula is C19H24FN7O3S. The van der Waals surface area contributed by atoms with Crippen molar-refractivity contribution in [3.8, 4) is 0 Å². The maximum absolute atomic E-state index is 14.9. The number of cyclic esters (lactones) is 1. The van der Waals surface area contributed by atoms with Gasteiger partial charge in [0, 0.05) is 37.8 Å². The molecule has 0 unspecified atom stereocenters. The lowest BCUT2D eigenvalue weighted by Crippen LogP contribution is -2.48. The minimum atomic E-state index is -0.527. The van der Waals surface area contributed by atoms with Crippen LogP contribution in [-0.2, 0) is 11.3 Å². The second-order valence-corrected chi connectivity index (χ2v) is 8.10. The van der Waals surface area contributed by atoms with Crippen LogP contribution in [0.5, 0.6) is 0 Å². The van der Waals surface area contributed by atoms with Crippen molar-refractivity contribution in [3.05, 3.63) is 40.6 Å². The number of thiazole rings is 1. The molecule has 0 spiro atoms. The Labute approximate surface area is 182 Å². The summed E-state index contributed by atoms with van der Waals surface area (Å²) in [5.74, 6) is -0.442. The van der Waals surface area contributed by atoms with Crippen molar-refractivity contribution in [1.29, 1.82) is 0 Å². The number of urea groups is 1. The van der Waals surface area contributed by atoms with Gasteiger partial charge in [-0.1, -0.05) is 0 Å². The van der Waals surface area contributed by atoms with E-state index in [0.29, 0.717) is 50.6 Å². The van der Waals surface area contributed by atoms with Crippen LogP contribution in [0.4, 0.5) is 25.4 Å². The summed E-state index contributed by atoms with van der Waals surface area (Å²) in [6.45, 7) is 2.70. The summed E-state index contributed by atoms with van der Waals surface area (Å²) in [5.41, 5.74) is 9.46. The Bertz CT molecular complexity index is 929. The van der Waals surface area contributed by atoms with Crippen LogP contribution in [0.3, 0.4) is 0 Å². The summed E-state index contributed by atoms with van der Waals surface area (Å²) in [6, 6.07) is 4.41. The van der Waals surface area contributed by atoms with Gasteiger partial charge in [-0.15, -0.1) is 11.3 Å². The molecule has 0 saturated carbocycles. The molecule has 2 aliphatic rings. The number of carbonyl (C=O) groups is 2. The lowest BCUT2D eigenvalue weighted by atomic mass is 10.2. The third-order valence-electron chi connectivity index (χ3n) is 5.12. The van der Waals surface area contributed by atoms with Crippen LogP contribution >= 0.6 is 11.3 Å². The normalized spacial score (nSPS) is 19.4. The largest absolute Gasteiger partial charge is 0.443 e. The van der Waals surface area contributed by atoms with Crippen LogP contribution in [0.2, 0.25) is 0 Å². The summed E-state index contributed by atoms with van der Waals surface area (Å²) in [6.07, 6.45) is 0.776. The highest BCUT2D eigenvalue weighted by Crippen LogP contribution is 2.28. The van der Waals surface area contributed by atoms with Crippen LogP contribution in [0, 0.1) is 5.82 Å². The second-order valence-electron chi connectivity index (χ2n) is 7.12. The van der Waals surface area contributed by atoms with E-state index in [4.69, 9.17) is 10.5 Å². The van der Waals surface area contributed by atoms with Crippen molar-refractivity contribution in [2.24, 2.45) is 5.73 Å². The zero-order valence-corrected chi connectivity index (χ0v) is 17.6. The van der Waals surface area contributed by atoms with Gasteiger partial charge in [-0.25, -0.2) is 24.4 Å². The Morgan fingerprint density at radius 3 is 2.97 bits per heavy atom. The first-order valence-corrected chi connectivity index (χ1v) is 10.8. The molecular weight excluding hydrogens is 425 g/mol. The first-order chi connectivity index (χ1) is 15.0. The maximum atomic E-state index is 14.9. The number of nitrogens with two attached hydrogens (primary N) is 1. The molecule has 1 atom stereocenters. The number of hydrogen-bond acceptors (Lipinski definition) is 8. The minimum Gasteiger partial charge on any atom is -0.443 e. The molecule has 2 aromatic rings. The molecule has 12 heteroatoms. The average molecular weight is 450 g/mol. The number of halogens is 1. The lowest BCUT2D eigenvalue weighted by Gasteiger charge is -2.24. The number of anilines is 2. The van der Waals surface area contributed by atoms with E-state index in [-0.39, 0.29) is 18.7 Å². The van der Waals surface area contributed by atoms with E-state index in [1.807, 2.05) is 10.3 Å². The van der Waals surface area contributed by atoms with Gasteiger partial charge in [0.15, 0.2) is 0 Å². The topological polar surface area (TPSA) is 116 Å². The second kappa shape index (κ2) is 9.45. The van der Waals surface area contributed by atoms with Gasteiger partial charge in [0.2, 0.25) is 0 Å². The van der Waals surface area contributed by atoms with Gasteiger partial charge < -0.3 is 20.7 Å². The number of carbonyl (C=O) groups excluding carboxylic acids is 2. The number of rotatable bonds is 5. The molecule has 0 bridgehead atoms. The Balaban J connectivity index is 1.36. The molecule has 0 radical (unpaired) electrons. The van der Waals surface area contributed by atoms with E-state index in [1.165, 1.54) is 27.3 Å². The third-order valence-corrected chi connectivity index (χ3v) is 5.90. The molecule has 4 N–H and O–H groups in total. The predicted octanol–water partition coefficient (Wildman–Crippen LogP) is 1.10. The Morgan fingerprint density at radius 1 is 1.39 bits per heavy atom. The highest BCUT2D eigenvalue weighted by Gasteiger charge is 2.32. The monoisotopic (exact) mass is 449 g/mol. The number of amides is 3. The van der Waals surface area contributed by atoms with Gasteiger partial charge in [0.25, 0.3) is 0 Å². The van der Waals surface area contributed by atoms with Crippen LogP contribution in [-0.4, -0.2) is 67.5 Å². The first-order valence-electron chi connectivity index (χ1n) is 9.95. The molecule has 1 aromatic carbocycles. The first kappa shape index (κ1) is 21.3. The third kappa shape index (κ3) is 4.86. The van der Waals surface area contributed by atoms with Crippen molar-refractivity contribution in [2.45, 2.75) is 12.6 Å². The van der Waals surface area contributed by atoms with Gasteiger partial charge in [-0.3, -0.25) is 9.91 Å². The van der Waals surface area contributed by atoms with E-state index < -0.39 is 11.9 Å². The smallest absolute Gasteiger partial charge is 0.414 e. The van der Waals surface area contributed by atoms with E-state index >= 15 is 0 Å². The Hall–Kier alpha value is -2.96. The number of hydrazine groups is 1. The number of hydrogen-bond donors (Lipinski definition) is 3. The van der Waals surface area contributed by atoms with Crippen LogP contribution in [0.15, 0.2) is 29.8 Å². The van der Waals surface area contributed by atoms with Crippen molar-refractivity contribution in [1.82, 2.24) is 20.7 Å². The fourth-order valence-electron chi connectivity index (χ4n) is 3.51. The number of nitrogens with zero attached hydrogens (tertiary/aromatic N) is 4. The van der Waals surface area contributed by atoms with E-state index in [0.717, 1.165) is 5.01 Å². The zero-order chi connectivity index (χ0) is 21.8. The number of aromatic nitrogens is 1. The van der Waals surface area contributed by atoms with Crippen LogP contribution < -0.4 is 26.3 Å². The van der Waals surface area contributed by atoms with Crippen molar-refractivity contribution < 1.29 is 18.7 Å². The number of ether oxygens (including phenoxy) is 1. The maximum Gasteiger partial charge on any atom is 0.414 e. The van der Waals surface area contributed by atoms with Gasteiger partial charge in [-0.2, -0.15) is 0 Å². The summed E-state index contributed by atoms with van der Waals surface area (Å²) in [7, 11) is 0. The molecule has 1 aromatic heterocycles. The molecule has 3 heterocycles. The highest BCUT2D eigenvalue weighted by atomic mass is 32.1. The Kier molecular flexibility index (Phi) is 6.49. The van der Waals surface area contributed by atoms with Crippen LogP contribution in [0.1, 0.15) is 5.01 Å². The quantitative estimate of drug-likeness (QED) is 0.626. The average Bonchev–Trinajstić information content (AvgIpc) is 3.35. The molecule has 2 fully saturated rings. The Morgan fingerprint density at radius 2 is 2.26 bits per heavy atom. The molecule has 2 aliphatic heterocycles.